The average molecular weight is 301 g/mol. The minimum absolute atomic E-state index is 0.317. The van der Waals surface area contributed by atoms with Crippen LogP contribution in [0.4, 0.5) is 0 Å². The van der Waals surface area contributed by atoms with Gasteiger partial charge in [0, 0.05) is 6.54 Å². The molecule has 0 aromatic heterocycles. The number of fused-ring (bicyclic) bond motifs is 3. The molecule has 4 aliphatic rings. The number of hydrogen-bond acceptors (Lipinski definition) is 3. The van der Waals surface area contributed by atoms with E-state index >= 15 is 0 Å². The molecule has 3 heteroatoms. The molecule has 3 aliphatic heterocycles. The van der Waals surface area contributed by atoms with Gasteiger partial charge >= 0.3 is 0 Å². The Morgan fingerprint density at radius 3 is 2.36 bits per heavy atom. The summed E-state index contributed by atoms with van der Waals surface area (Å²) in [6, 6.07) is 10.2. The van der Waals surface area contributed by atoms with Crippen LogP contribution in [-0.2, 0) is 10.3 Å². The number of benzene rings is 1. The summed E-state index contributed by atoms with van der Waals surface area (Å²) in [5, 5.41) is 11.4. The van der Waals surface area contributed by atoms with Gasteiger partial charge in [0.05, 0.1) is 12.7 Å². The molecule has 120 valence electrons. The maximum Gasteiger partial charge on any atom is 0.116 e. The lowest BCUT2D eigenvalue weighted by Crippen LogP contribution is -2.53. The fourth-order valence-electron chi connectivity index (χ4n) is 4.38. The summed E-state index contributed by atoms with van der Waals surface area (Å²) < 4.78 is 6.30. The van der Waals surface area contributed by atoms with E-state index in [0.717, 1.165) is 24.9 Å². The van der Waals surface area contributed by atoms with E-state index in [9.17, 15) is 5.11 Å². The van der Waals surface area contributed by atoms with Crippen molar-refractivity contribution in [2.75, 3.05) is 26.2 Å². The summed E-state index contributed by atoms with van der Waals surface area (Å²) in [7, 11) is 0. The van der Waals surface area contributed by atoms with Gasteiger partial charge in [0.1, 0.15) is 5.60 Å². The van der Waals surface area contributed by atoms with Crippen molar-refractivity contribution in [1.29, 1.82) is 0 Å². The Kier molecular flexibility index (Phi) is 3.97. The third-order valence-electron chi connectivity index (χ3n) is 6.17. The molecule has 3 saturated heterocycles. The molecule has 2 atom stereocenters. The van der Waals surface area contributed by atoms with Crippen molar-refractivity contribution in [2.45, 2.75) is 43.8 Å². The molecule has 3 heterocycles. The molecule has 22 heavy (non-hydrogen) atoms. The second kappa shape index (κ2) is 5.95. The Morgan fingerprint density at radius 2 is 1.82 bits per heavy atom. The van der Waals surface area contributed by atoms with Gasteiger partial charge < -0.3 is 14.7 Å². The van der Waals surface area contributed by atoms with Gasteiger partial charge in [0.15, 0.2) is 0 Å². The first kappa shape index (κ1) is 14.7. The molecule has 0 amide bonds. The number of rotatable bonds is 5. The fourth-order valence-corrected chi connectivity index (χ4v) is 4.38. The Labute approximate surface area is 133 Å². The van der Waals surface area contributed by atoms with Gasteiger partial charge in [-0.2, -0.15) is 0 Å². The first-order valence-electron chi connectivity index (χ1n) is 8.87. The van der Waals surface area contributed by atoms with Crippen LogP contribution in [0.1, 0.15) is 37.7 Å². The topological polar surface area (TPSA) is 32.7 Å². The van der Waals surface area contributed by atoms with Gasteiger partial charge in [-0.15, -0.1) is 0 Å². The Bertz CT molecular complexity index is 493. The standard InChI is InChI=1S/C19H27NO2/c21-19(17-7-4-8-17,16-5-2-1-3-6-16)14-22-18-13-20-11-9-15(18)10-12-20/h1-3,5-6,15,17-18,21H,4,7-14H2/t18-,19?/m1/s1. The van der Waals surface area contributed by atoms with Gasteiger partial charge in [-0.05, 0) is 56.2 Å². The minimum Gasteiger partial charge on any atom is -0.382 e. The minimum atomic E-state index is -0.800. The average Bonchev–Trinajstić information content (AvgIpc) is 2.53. The number of ether oxygens (including phenoxy) is 1. The van der Waals surface area contributed by atoms with Crippen molar-refractivity contribution in [3.63, 3.8) is 0 Å². The summed E-state index contributed by atoms with van der Waals surface area (Å²) >= 11 is 0. The molecule has 1 N–H and O–H groups in total. The van der Waals surface area contributed by atoms with Gasteiger partial charge in [0.25, 0.3) is 0 Å². The first-order chi connectivity index (χ1) is 10.8. The Morgan fingerprint density at radius 1 is 1.09 bits per heavy atom. The van der Waals surface area contributed by atoms with Gasteiger partial charge in [-0.25, -0.2) is 0 Å². The van der Waals surface area contributed by atoms with Crippen molar-refractivity contribution in [2.24, 2.45) is 11.8 Å². The van der Waals surface area contributed by atoms with Crippen LogP contribution < -0.4 is 0 Å². The number of nitrogens with zero attached hydrogens (tertiary/aromatic N) is 1. The molecule has 1 aromatic rings. The van der Waals surface area contributed by atoms with Gasteiger partial charge in [-0.1, -0.05) is 36.8 Å². The molecule has 3 nitrogen and oxygen atoms in total. The lowest BCUT2D eigenvalue weighted by atomic mass is 9.70. The highest BCUT2D eigenvalue weighted by atomic mass is 16.5. The van der Waals surface area contributed by atoms with Crippen LogP contribution in [0.5, 0.6) is 0 Å². The second-order valence-corrected chi connectivity index (χ2v) is 7.41. The number of piperidine rings is 3. The normalized spacial score (nSPS) is 34.1. The molecular formula is C19H27NO2. The molecular weight excluding hydrogens is 274 g/mol. The van der Waals surface area contributed by atoms with Crippen LogP contribution in [0.3, 0.4) is 0 Å². The van der Waals surface area contributed by atoms with E-state index in [2.05, 4.69) is 17.0 Å². The molecule has 1 aromatic carbocycles. The van der Waals surface area contributed by atoms with Crippen molar-refractivity contribution >= 4 is 0 Å². The SMILES string of the molecule is OC(CO[C@@H]1CN2CCC1CC2)(c1ccccc1)C1CCC1. The van der Waals surface area contributed by atoms with E-state index in [1.165, 1.54) is 32.4 Å². The quantitative estimate of drug-likeness (QED) is 0.908. The predicted octanol–water partition coefficient (Wildman–Crippen LogP) is 2.79. The highest BCUT2D eigenvalue weighted by molar-refractivity contribution is 5.24. The highest BCUT2D eigenvalue weighted by Crippen LogP contribution is 2.43. The zero-order chi connectivity index (χ0) is 15.0. The van der Waals surface area contributed by atoms with Crippen LogP contribution in [0, 0.1) is 11.8 Å². The lowest BCUT2D eigenvalue weighted by Gasteiger charge is -2.47. The largest absolute Gasteiger partial charge is 0.382 e. The van der Waals surface area contributed by atoms with Crippen molar-refractivity contribution in [3.8, 4) is 0 Å². The molecule has 4 fully saturated rings. The molecule has 5 rings (SSSR count). The maximum absolute atomic E-state index is 11.4. The van der Waals surface area contributed by atoms with Crippen LogP contribution in [-0.4, -0.2) is 42.4 Å². The molecule has 0 radical (unpaired) electrons. The Balaban J connectivity index is 1.47. The fraction of sp³-hybridized carbons (Fsp3) is 0.684. The predicted molar refractivity (Wildman–Crippen MR) is 86.6 cm³/mol. The van der Waals surface area contributed by atoms with Gasteiger partial charge in [-0.3, -0.25) is 0 Å². The zero-order valence-corrected chi connectivity index (χ0v) is 13.3. The van der Waals surface area contributed by atoms with Crippen molar-refractivity contribution < 1.29 is 9.84 Å². The molecule has 2 bridgehead atoms. The van der Waals surface area contributed by atoms with Crippen molar-refractivity contribution in [3.05, 3.63) is 35.9 Å². The third-order valence-corrected chi connectivity index (χ3v) is 6.17. The lowest BCUT2D eigenvalue weighted by molar-refractivity contribution is -0.155. The second-order valence-electron chi connectivity index (χ2n) is 7.41. The van der Waals surface area contributed by atoms with E-state index in [1.54, 1.807) is 0 Å². The molecule has 0 spiro atoms. The Hall–Kier alpha value is -0.900. The molecule has 1 aliphatic carbocycles. The zero-order valence-electron chi connectivity index (χ0n) is 13.3. The van der Waals surface area contributed by atoms with Crippen LogP contribution in [0.2, 0.25) is 0 Å². The maximum atomic E-state index is 11.4. The number of aliphatic hydroxyl groups is 1. The first-order valence-corrected chi connectivity index (χ1v) is 8.87. The summed E-state index contributed by atoms with van der Waals surface area (Å²) in [5.41, 5.74) is 0.229. The monoisotopic (exact) mass is 301 g/mol. The summed E-state index contributed by atoms with van der Waals surface area (Å²) in [6.07, 6.45) is 6.32. The number of hydrogen-bond donors (Lipinski definition) is 1. The smallest absolute Gasteiger partial charge is 0.116 e. The van der Waals surface area contributed by atoms with E-state index < -0.39 is 5.60 Å². The summed E-state index contributed by atoms with van der Waals surface area (Å²) in [4.78, 5) is 2.51. The van der Waals surface area contributed by atoms with E-state index in [1.807, 2.05) is 18.2 Å². The van der Waals surface area contributed by atoms with E-state index in [4.69, 9.17) is 4.74 Å². The van der Waals surface area contributed by atoms with Crippen LogP contribution in [0.25, 0.3) is 0 Å². The van der Waals surface area contributed by atoms with E-state index in [-0.39, 0.29) is 0 Å². The van der Waals surface area contributed by atoms with Crippen LogP contribution >= 0.6 is 0 Å². The van der Waals surface area contributed by atoms with Crippen LogP contribution in [0.15, 0.2) is 30.3 Å². The van der Waals surface area contributed by atoms with E-state index in [0.29, 0.717) is 24.5 Å². The molecule has 1 saturated carbocycles. The van der Waals surface area contributed by atoms with Crippen molar-refractivity contribution in [1.82, 2.24) is 4.90 Å². The summed E-state index contributed by atoms with van der Waals surface area (Å²) in [5.74, 6) is 1.06. The highest BCUT2D eigenvalue weighted by Gasteiger charge is 2.43. The summed E-state index contributed by atoms with van der Waals surface area (Å²) in [6.45, 7) is 3.98. The van der Waals surface area contributed by atoms with Gasteiger partial charge in [0.2, 0.25) is 0 Å². The third kappa shape index (κ3) is 2.60. The molecule has 1 unspecified atom stereocenters.